The van der Waals surface area contributed by atoms with Crippen molar-refractivity contribution in [3.63, 3.8) is 0 Å². The molecule has 5 nitrogen and oxygen atoms in total. The zero-order valence-corrected chi connectivity index (χ0v) is 11.9. The van der Waals surface area contributed by atoms with Crippen LogP contribution in [0.5, 0.6) is 0 Å². The highest BCUT2D eigenvalue weighted by Gasteiger charge is 2.34. The van der Waals surface area contributed by atoms with E-state index in [4.69, 9.17) is 0 Å². The number of rotatable bonds is 4. The largest absolute Gasteiger partial charge is 0.401 e. The fourth-order valence-corrected chi connectivity index (χ4v) is 2.59. The molecule has 2 rings (SSSR count). The number of amides is 1. The molecule has 0 saturated carbocycles. The summed E-state index contributed by atoms with van der Waals surface area (Å²) in [7, 11) is 1.69. The van der Waals surface area contributed by atoms with Gasteiger partial charge in [-0.3, -0.25) is 9.69 Å². The van der Waals surface area contributed by atoms with Crippen molar-refractivity contribution in [1.29, 1.82) is 0 Å². The molecule has 118 valence electrons. The third-order valence-electron chi connectivity index (χ3n) is 3.66. The van der Waals surface area contributed by atoms with E-state index in [0.29, 0.717) is 38.3 Å². The minimum absolute atomic E-state index is 0.0296. The lowest BCUT2D eigenvalue weighted by Gasteiger charge is -2.33. The van der Waals surface area contributed by atoms with Crippen molar-refractivity contribution in [3.05, 3.63) is 18.2 Å². The fourth-order valence-electron chi connectivity index (χ4n) is 2.59. The number of halogens is 3. The summed E-state index contributed by atoms with van der Waals surface area (Å²) in [6.07, 6.45) is 0.0638. The molecule has 0 bridgehead atoms. The zero-order valence-electron chi connectivity index (χ0n) is 11.9. The van der Waals surface area contributed by atoms with Crippen LogP contribution in [0.3, 0.4) is 0 Å². The monoisotopic (exact) mass is 304 g/mol. The molecule has 0 unspecified atom stereocenters. The molecule has 2 heterocycles. The van der Waals surface area contributed by atoms with Crippen molar-refractivity contribution in [3.8, 4) is 0 Å². The minimum atomic E-state index is -4.17. The third-order valence-corrected chi connectivity index (χ3v) is 3.66. The number of aromatic nitrogens is 2. The number of piperidine rings is 1. The summed E-state index contributed by atoms with van der Waals surface area (Å²) in [4.78, 5) is 22.2. The molecule has 1 aromatic heterocycles. The highest BCUT2D eigenvalue weighted by atomic mass is 19.4. The van der Waals surface area contributed by atoms with Crippen LogP contribution in [0.4, 0.5) is 13.2 Å². The second-order valence-electron chi connectivity index (χ2n) is 5.40. The molecule has 1 aliphatic heterocycles. The number of likely N-dealkylation sites (tertiary alicyclic amines) is 1. The van der Waals surface area contributed by atoms with Crippen molar-refractivity contribution in [1.82, 2.24) is 19.8 Å². The molecule has 1 aliphatic rings. The molecule has 0 aliphatic carbocycles. The molecule has 0 aromatic carbocycles. The quantitative estimate of drug-likeness (QED) is 0.920. The molecule has 0 radical (unpaired) electrons. The van der Waals surface area contributed by atoms with E-state index in [-0.39, 0.29) is 11.8 Å². The number of hydrogen-bond donors (Lipinski definition) is 1. The number of aromatic amines is 1. The average Bonchev–Trinajstić information content (AvgIpc) is 2.90. The number of hydrogen-bond acceptors (Lipinski definition) is 3. The summed E-state index contributed by atoms with van der Waals surface area (Å²) >= 11 is 0. The summed E-state index contributed by atoms with van der Waals surface area (Å²) in [5.74, 6) is 0.466. The van der Waals surface area contributed by atoms with Crippen molar-refractivity contribution < 1.29 is 18.0 Å². The number of carbonyl (C=O) groups is 1. The maximum atomic E-state index is 12.3. The molecule has 1 saturated heterocycles. The lowest BCUT2D eigenvalue weighted by molar-refractivity contribution is -0.150. The van der Waals surface area contributed by atoms with E-state index in [2.05, 4.69) is 9.97 Å². The number of nitrogens with zero attached hydrogens (tertiary/aromatic N) is 3. The van der Waals surface area contributed by atoms with Crippen molar-refractivity contribution in [2.24, 2.45) is 5.92 Å². The van der Waals surface area contributed by atoms with Crippen LogP contribution in [0.1, 0.15) is 18.7 Å². The molecular formula is C13H19F3N4O. The number of alkyl halides is 3. The van der Waals surface area contributed by atoms with Gasteiger partial charge in [-0.25, -0.2) is 4.98 Å². The van der Waals surface area contributed by atoms with Crippen LogP contribution in [-0.4, -0.2) is 58.5 Å². The molecule has 21 heavy (non-hydrogen) atoms. The Morgan fingerprint density at radius 3 is 2.67 bits per heavy atom. The van der Waals surface area contributed by atoms with Gasteiger partial charge in [0.15, 0.2) is 0 Å². The Balaban J connectivity index is 1.80. The van der Waals surface area contributed by atoms with Gasteiger partial charge in [0.1, 0.15) is 5.82 Å². The van der Waals surface area contributed by atoms with Crippen LogP contribution in [0, 0.1) is 5.92 Å². The Hall–Kier alpha value is -1.57. The van der Waals surface area contributed by atoms with Crippen LogP contribution >= 0.6 is 0 Å². The number of carbonyl (C=O) groups excluding carboxylic acids is 1. The van der Waals surface area contributed by atoms with E-state index in [9.17, 15) is 18.0 Å². The highest BCUT2D eigenvalue weighted by molar-refractivity contribution is 5.78. The number of imidazole rings is 1. The Bertz CT molecular complexity index is 452. The topological polar surface area (TPSA) is 52.2 Å². The molecule has 0 spiro atoms. The predicted molar refractivity (Wildman–Crippen MR) is 70.3 cm³/mol. The lowest BCUT2D eigenvalue weighted by Crippen LogP contribution is -2.44. The van der Waals surface area contributed by atoms with Crippen molar-refractivity contribution in [2.45, 2.75) is 25.6 Å². The Kier molecular flexibility index (Phi) is 4.87. The number of H-pyrrole nitrogens is 1. The van der Waals surface area contributed by atoms with Gasteiger partial charge in [0, 0.05) is 25.4 Å². The molecule has 1 N–H and O–H groups in total. The minimum Gasteiger partial charge on any atom is -0.347 e. The molecule has 1 amide bonds. The van der Waals surface area contributed by atoms with Gasteiger partial charge in [-0.1, -0.05) is 0 Å². The van der Waals surface area contributed by atoms with Crippen LogP contribution in [0.25, 0.3) is 0 Å². The van der Waals surface area contributed by atoms with Gasteiger partial charge < -0.3 is 9.88 Å². The van der Waals surface area contributed by atoms with Gasteiger partial charge >= 0.3 is 6.18 Å². The zero-order chi connectivity index (χ0) is 15.5. The first kappa shape index (κ1) is 15.8. The number of nitrogens with one attached hydrogen (secondary N) is 1. The van der Waals surface area contributed by atoms with Gasteiger partial charge in [0.05, 0.1) is 13.1 Å². The van der Waals surface area contributed by atoms with Gasteiger partial charge in [-0.05, 0) is 25.9 Å². The van der Waals surface area contributed by atoms with E-state index >= 15 is 0 Å². The third kappa shape index (κ3) is 4.73. The summed E-state index contributed by atoms with van der Waals surface area (Å²) in [5, 5.41) is 0. The summed E-state index contributed by atoms with van der Waals surface area (Å²) in [6.45, 7) is 0.111. The lowest BCUT2D eigenvalue weighted by atomic mass is 9.95. The van der Waals surface area contributed by atoms with E-state index in [1.54, 1.807) is 24.3 Å². The first-order valence-electron chi connectivity index (χ1n) is 6.87. The van der Waals surface area contributed by atoms with Crippen LogP contribution in [-0.2, 0) is 11.3 Å². The SMILES string of the molecule is CN(Cc1ncc[nH]1)C(=O)C1CCN(CC(F)(F)F)CC1. The first-order valence-corrected chi connectivity index (χ1v) is 6.87. The van der Waals surface area contributed by atoms with Gasteiger partial charge in [-0.15, -0.1) is 0 Å². The van der Waals surface area contributed by atoms with Crippen LogP contribution < -0.4 is 0 Å². The summed E-state index contributed by atoms with van der Waals surface area (Å²) < 4.78 is 36.9. The van der Waals surface area contributed by atoms with Crippen molar-refractivity contribution >= 4 is 5.91 Å². The van der Waals surface area contributed by atoms with E-state index < -0.39 is 12.7 Å². The second-order valence-corrected chi connectivity index (χ2v) is 5.40. The Labute approximate surface area is 121 Å². The van der Waals surface area contributed by atoms with Crippen LogP contribution in [0.2, 0.25) is 0 Å². The second kappa shape index (κ2) is 6.46. The summed E-state index contributed by atoms with van der Waals surface area (Å²) in [6, 6.07) is 0. The molecule has 1 aromatic rings. The fraction of sp³-hybridized carbons (Fsp3) is 0.692. The molecule has 8 heteroatoms. The van der Waals surface area contributed by atoms with Crippen molar-refractivity contribution in [2.75, 3.05) is 26.7 Å². The molecular weight excluding hydrogens is 285 g/mol. The highest BCUT2D eigenvalue weighted by Crippen LogP contribution is 2.23. The maximum absolute atomic E-state index is 12.3. The van der Waals surface area contributed by atoms with E-state index in [1.165, 1.54) is 4.90 Å². The Morgan fingerprint density at radius 1 is 1.48 bits per heavy atom. The van der Waals surface area contributed by atoms with Gasteiger partial charge in [-0.2, -0.15) is 13.2 Å². The van der Waals surface area contributed by atoms with Crippen LogP contribution in [0.15, 0.2) is 12.4 Å². The smallest absolute Gasteiger partial charge is 0.347 e. The normalized spacial score (nSPS) is 17.9. The maximum Gasteiger partial charge on any atom is 0.401 e. The average molecular weight is 304 g/mol. The van der Waals surface area contributed by atoms with E-state index in [1.807, 2.05) is 0 Å². The van der Waals surface area contributed by atoms with Gasteiger partial charge in [0.25, 0.3) is 0 Å². The van der Waals surface area contributed by atoms with Gasteiger partial charge in [0.2, 0.25) is 5.91 Å². The van der Waals surface area contributed by atoms with E-state index in [0.717, 1.165) is 0 Å². The first-order chi connectivity index (χ1) is 9.85. The predicted octanol–water partition coefficient (Wildman–Crippen LogP) is 1.64. The Morgan fingerprint density at radius 2 is 2.14 bits per heavy atom. The summed E-state index contributed by atoms with van der Waals surface area (Å²) in [5.41, 5.74) is 0. The standard InChI is InChI=1S/C13H19F3N4O/c1-19(8-11-17-4-5-18-11)12(21)10-2-6-20(7-3-10)9-13(14,15)16/h4-5,10H,2-3,6-9H2,1H3,(H,17,18). The molecule has 0 atom stereocenters. The molecule has 1 fully saturated rings.